The third-order valence-corrected chi connectivity index (χ3v) is 6.14. The van der Waals surface area contributed by atoms with Gasteiger partial charge in [0.15, 0.2) is 5.65 Å². The Balaban J connectivity index is 0.00000245. The Labute approximate surface area is 191 Å². The summed E-state index contributed by atoms with van der Waals surface area (Å²) in [4.78, 5) is 19.7. The van der Waals surface area contributed by atoms with E-state index in [-0.39, 0.29) is 24.9 Å². The van der Waals surface area contributed by atoms with Crippen LogP contribution in [-0.2, 0) is 7.05 Å². The molecular formula is C22H26ClN7O2. The van der Waals surface area contributed by atoms with Crippen molar-refractivity contribution in [3.63, 3.8) is 0 Å². The van der Waals surface area contributed by atoms with Gasteiger partial charge >= 0.3 is 0 Å². The van der Waals surface area contributed by atoms with Gasteiger partial charge in [0.25, 0.3) is 5.91 Å². The highest BCUT2D eigenvalue weighted by molar-refractivity contribution is 6.10. The van der Waals surface area contributed by atoms with E-state index in [4.69, 9.17) is 0 Å². The van der Waals surface area contributed by atoms with E-state index in [9.17, 15) is 9.90 Å². The van der Waals surface area contributed by atoms with Crippen molar-refractivity contribution < 1.29 is 9.90 Å². The zero-order valence-corrected chi connectivity index (χ0v) is 18.8. The summed E-state index contributed by atoms with van der Waals surface area (Å²) >= 11 is 0. The SMILES string of the molecule is Cc1nn(C)c2cc(N3CCC(CO)CC3)c(NC(=O)c3cnn4cccnc34)cc12.Cl. The van der Waals surface area contributed by atoms with Gasteiger partial charge in [-0.2, -0.15) is 10.2 Å². The number of carbonyl (C=O) groups excluding carboxylic acids is 1. The number of halogens is 1. The van der Waals surface area contributed by atoms with Crippen LogP contribution in [0.4, 0.5) is 11.4 Å². The maximum atomic E-state index is 13.2. The number of aliphatic hydroxyl groups excluding tert-OH is 1. The monoisotopic (exact) mass is 455 g/mol. The maximum absolute atomic E-state index is 13.2. The molecule has 0 saturated carbocycles. The van der Waals surface area contributed by atoms with Crippen LogP contribution in [0.25, 0.3) is 16.6 Å². The number of benzene rings is 1. The van der Waals surface area contributed by atoms with E-state index in [0.29, 0.717) is 17.1 Å². The zero-order valence-electron chi connectivity index (χ0n) is 18.0. The molecule has 0 unspecified atom stereocenters. The van der Waals surface area contributed by atoms with Crippen LogP contribution in [0, 0.1) is 12.8 Å². The van der Waals surface area contributed by atoms with Crippen LogP contribution in [0.15, 0.2) is 36.8 Å². The second-order valence-corrected chi connectivity index (χ2v) is 8.11. The van der Waals surface area contributed by atoms with Crippen molar-refractivity contribution in [1.82, 2.24) is 24.4 Å². The summed E-state index contributed by atoms with van der Waals surface area (Å²) in [6.45, 7) is 3.85. The summed E-state index contributed by atoms with van der Waals surface area (Å²) in [5.41, 5.74) is 4.58. The average molecular weight is 456 g/mol. The summed E-state index contributed by atoms with van der Waals surface area (Å²) in [6, 6.07) is 5.87. The predicted octanol–water partition coefficient (Wildman–Crippen LogP) is 2.81. The number of piperidine rings is 1. The standard InChI is InChI=1S/C22H25N7O2.ClH/c1-14-16-10-18(25-22(31)17-12-24-29-7-3-6-23-21(17)29)20(11-19(16)27(2)26-14)28-8-4-15(13-30)5-9-28;/h3,6-7,10-12,15,30H,4-5,8-9,13H2,1-2H3,(H,25,31);1H. The highest BCUT2D eigenvalue weighted by Gasteiger charge is 2.24. The second kappa shape index (κ2) is 8.76. The Bertz CT molecular complexity index is 1270. The van der Waals surface area contributed by atoms with Gasteiger partial charge in [-0.3, -0.25) is 9.48 Å². The molecule has 2 N–H and O–H groups in total. The number of carbonyl (C=O) groups is 1. The van der Waals surface area contributed by atoms with Gasteiger partial charge in [-0.05, 0) is 43.9 Å². The summed E-state index contributed by atoms with van der Waals surface area (Å²) in [5.74, 6) is 0.0860. The summed E-state index contributed by atoms with van der Waals surface area (Å²) in [5, 5.41) is 22.4. The molecule has 4 heterocycles. The van der Waals surface area contributed by atoms with E-state index >= 15 is 0 Å². The first kappa shape index (κ1) is 22.0. The van der Waals surface area contributed by atoms with Crippen molar-refractivity contribution in [2.45, 2.75) is 19.8 Å². The molecule has 1 aliphatic rings. The fourth-order valence-electron chi connectivity index (χ4n) is 4.36. The van der Waals surface area contributed by atoms with Crippen molar-refractivity contribution in [3.05, 3.63) is 48.0 Å². The van der Waals surface area contributed by atoms with Crippen molar-refractivity contribution in [2.24, 2.45) is 13.0 Å². The van der Waals surface area contributed by atoms with Crippen LogP contribution in [0.1, 0.15) is 28.9 Å². The lowest BCUT2D eigenvalue weighted by Crippen LogP contribution is -2.35. The van der Waals surface area contributed by atoms with Crippen LogP contribution >= 0.6 is 12.4 Å². The van der Waals surface area contributed by atoms with Crippen LogP contribution in [0.5, 0.6) is 0 Å². The number of aliphatic hydroxyl groups is 1. The first-order valence-corrected chi connectivity index (χ1v) is 10.5. The molecule has 10 heteroatoms. The largest absolute Gasteiger partial charge is 0.396 e. The van der Waals surface area contributed by atoms with Gasteiger partial charge in [-0.25, -0.2) is 9.50 Å². The Morgan fingerprint density at radius 2 is 2.06 bits per heavy atom. The molecular weight excluding hydrogens is 430 g/mol. The fourth-order valence-corrected chi connectivity index (χ4v) is 4.36. The predicted molar refractivity (Wildman–Crippen MR) is 126 cm³/mol. The van der Waals surface area contributed by atoms with Gasteiger partial charge in [0.05, 0.1) is 28.8 Å². The number of hydrogen-bond donors (Lipinski definition) is 2. The minimum Gasteiger partial charge on any atom is -0.396 e. The Morgan fingerprint density at radius 3 is 2.81 bits per heavy atom. The molecule has 0 aliphatic carbocycles. The molecule has 0 bridgehead atoms. The van der Waals surface area contributed by atoms with E-state index in [1.807, 2.05) is 24.7 Å². The number of amides is 1. The van der Waals surface area contributed by atoms with Gasteiger partial charge in [0, 0.05) is 44.5 Å². The van der Waals surface area contributed by atoms with Crippen molar-refractivity contribution >= 4 is 46.2 Å². The second-order valence-electron chi connectivity index (χ2n) is 8.11. The number of aromatic nitrogens is 5. The van der Waals surface area contributed by atoms with Gasteiger partial charge in [0.1, 0.15) is 5.56 Å². The summed E-state index contributed by atoms with van der Waals surface area (Å²) < 4.78 is 3.46. The minimum atomic E-state index is -0.249. The first-order valence-electron chi connectivity index (χ1n) is 10.5. The third-order valence-electron chi connectivity index (χ3n) is 6.14. The van der Waals surface area contributed by atoms with E-state index < -0.39 is 0 Å². The quantitative estimate of drug-likeness (QED) is 0.490. The topological polar surface area (TPSA) is 101 Å². The molecule has 3 aromatic heterocycles. The highest BCUT2D eigenvalue weighted by atomic mass is 35.5. The minimum absolute atomic E-state index is 0. The molecule has 0 atom stereocenters. The molecule has 1 fully saturated rings. The van der Waals surface area contributed by atoms with Crippen molar-refractivity contribution in [1.29, 1.82) is 0 Å². The fraction of sp³-hybridized carbons (Fsp3) is 0.364. The van der Waals surface area contributed by atoms with E-state index in [1.54, 1.807) is 23.0 Å². The van der Waals surface area contributed by atoms with Gasteiger partial charge in [-0.15, -0.1) is 12.4 Å². The number of nitrogens with zero attached hydrogens (tertiary/aromatic N) is 6. The molecule has 4 aromatic rings. The molecule has 1 saturated heterocycles. The van der Waals surface area contributed by atoms with Crippen LogP contribution < -0.4 is 10.2 Å². The number of anilines is 2. The molecule has 168 valence electrons. The number of hydrogen-bond acceptors (Lipinski definition) is 6. The van der Waals surface area contributed by atoms with Crippen LogP contribution in [0.2, 0.25) is 0 Å². The van der Waals surface area contributed by atoms with Gasteiger partial charge < -0.3 is 15.3 Å². The normalized spacial score (nSPS) is 14.7. The Hall–Kier alpha value is -3.17. The average Bonchev–Trinajstić information content (AvgIpc) is 3.34. The third kappa shape index (κ3) is 3.78. The number of rotatable bonds is 4. The van der Waals surface area contributed by atoms with Gasteiger partial charge in [-0.1, -0.05) is 0 Å². The molecule has 1 aliphatic heterocycles. The highest BCUT2D eigenvalue weighted by Crippen LogP contribution is 2.35. The summed E-state index contributed by atoms with van der Waals surface area (Å²) in [7, 11) is 1.93. The van der Waals surface area contributed by atoms with E-state index in [1.165, 1.54) is 6.20 Å². The van der Waals surface area contributed by atoms with Gasteiger partial charge in [0.2, 0.25) is 0 Å². The smallest absolute Gasteiger partial charge is 0.261 e. The van der Waals surface area contributed by atoms with E-state index in [2.05, 4.69) is 31.5 Å². The molecule has 1 aromatic carbocycles. The molecule has 1 amide bonds. The number of fused-ring (bicyclic) bond motifs is 2. The van der Waals surface area contributed by atoms with Crippen LogP contribution in [0.3, 0.4) is 0 Å². The lowest BCUT2D eigenvalue weighted by Gasteiger charge is -2.34. The molecule has 9 nitrogen and oxygen atoms in total. The Morgan fingerprint density at radius 1 is 1.28 bits per heavy atom. The zero-order chi connectivity index (χ0) is 21.5. The van der Waals surface area contributed by atoms with Crippen molar-refractivity contribution in [3.8, 4) is 0 Å². The Kier molecular flexibility index (Phi) is 6.03. The molecule has 32 heavy (non-hydrogen) atoms. The molecule has 5 rings (SSSR count). The first-order chi connectivity index (χ1) is 15.0. The lowest BCUT2D eigenvalue weighted by molar-refractivity contribution is 0.102. The van der Waals surface area contributed by atoms with Crippen molar-refractivity contribution in [2.75, 3.05) is 29.9 Å². The van der Waals surface area contributed by atoms with E-state index in [0.717, 1.165) is 53.9 Å². The van der Waals surface area contributed by atoms with Crippen LogP contribution in [-0.4, -0.2) is 55.1 Å². The number of aryl methyl sites for hydroxylation is 2. The maximum Gasteiger partial charge on any atom is 0.261 e. The lowest BCUT2D eigenvalue weighted by atomic mass is 9.97. The summed E-state index contributed by atoms with van der Waals surface area (Å²) in [6.07, 6.45) is 6.79. The number of nitrogens with one attached hydrogen (secondary N) is 1. The molecule has 0 radical (unpaired) electrons. The molecule has 0 spiro atoms.